The van der Waals surface area contributed by atoms with Crippen LogP contribution in [0, 0.1) is 5.92 Å². The van der Waals surface area contributed by atoms with Crippen LogP contribution in [0.15, 0.2) is 47.1 Å². The molecule has 144 valence electrons. The largest absolute Gasteiger partial charge is 0.468 e. The van der Waals surface area contributed by atoms with Gasteiger partial charge in [-0.2, -0.15) is 11.8 Å². The average molecular weight is 407 g/mol. The molecule has 3 rings (SSSR count). The Hall–Kier alpha value is -1.92. The molecule has 2 heterocycles. The Morgan fingerprint density at radius 3 is 2.81 bits per heavy atom. The second-order valence-corrected chi connectivity index (χ2v) is 8.06. The first-order chi connectivity index (χ1) is 13.1. The van der Waals surface area contributed by atoms with Gasteiger partial charge < -0.3 is 14.6 Å². The van der Waals surface area contributed by atoms with E-state index in [1.54, 1.807) is 47.2 Å². The van der Waals surface area contributed by atoms with E-state index in [0.717, 1.165) is 30.1 Å². The number of thioether (sulfide) groups is 1. The fraction of sp³-hybridized carbons (Fsp3) is 0.400. The number of benzene rings is 1. The lowest BCUT2D eigenvalue weighted by molar-refractivity contribution is -0.126. The van der Waals surface area contributed by atoms with Gasteiger partial charge in [0.15, 0.2) is 0 Å². The molecule has 1 aliphatic rings. The van der Waals surface area contributed by atoms with Gasteiger partial charge in [0.1, 0.15) is 5.76 Å². The highest BCUT2D eigenvalue weighted by molar-refractivity contribution is 7.98. The highest BCUT2D eigenvalue weighted by Gasteiger charge is 2.28. The Labute approximate surface area is 168 Å². The van der Waals surface area contributed by atoms with Crippen molar-refractivity contribution in [3.05, 3.63) is 59.0 Å². The van der Waals surface area contributed by atoms with Crippen molar-refractivity contribution >= 4 is 35.2 Å². The zero-order valence-electron chi connectivity index (χ0n) is 15.0. The predicted molar refractivity (Wildman–Crippen MR) is 108 cm³/mol. The molecule has 0 bridgehead atoms. The highest BCUT2D eigenvalue weighted by Crippen LogP contribution is 2.20. The molecule has 1 atom stereocenters. The Balaban J connectivity index is 1.42. The fourth-order valence-electron chi connectivity index (χ4n) is 3.11. The molecule has 1 aromatic heterocycles. The summed E-state index contributed by atoms with van der Waals surface area (Å²) < 4.78 is 5.28. The smallest absolute Gasteiger partial charge is 0.253 e. The molecule has 0 saturated carbocycles. The number of halogens is 1. The Kier molecular flexibility index (Phi) is 7.24. The molecular formula is C20H23ClN2O3S. The Morgan fingerprint density at radius 2 is 2.07 bits per heavy atom. The molecule has 0 radical (unpaired) electrons. The van der Waals surface area contributed by atoms with Crippen LogP contribution in [0.4, 0.5) is 0 Å². The van der Waals surface area contributed by atoms with Crippen LogP contribution in [0.1, 0.15) is 29.0 Å². The average Bonchev–Trinajstić information content (AvgIpc) is 3.21. The van der Waals surface area contributed by atoms with Gasteiger partial charge in [0.2, 0.25) is 5.91 Å². The van der Waals surface area contributed by atoms with Gasteiger partial charge in [-0.15, -0.1) is 0 Å². The molecule has 5 nitrogen and oxygen atoms in total. The van der Waals surface area contributed by atoms with Gasteiger partial charge in [0.05, 0.1) is 17.9 Å². The number of hydrogen-bond donors (Lipinski definition) is 1. The molecule has 27 heavy (non-hydrogen) atoms. The third-order valence-electron chi connectivity index (χ3n) is 4.54. The van der Waals surface area contributed by atoms with Crippen molar-refractivity contribution < 1.29 is 14.0 Å². The lowest BCUT2D eigenvalue weighted by Gasteiger charge is -2.32. The van der Waals surface area contributed by atoms with E-state index in [9.17, 15) is 9.59 Å². The summed E-state index contributed by atoms with van der Waals surface area (Å²) in [5, 5.41) is 3.60. The van der Waals surface area contributed by atoms with Gasteiger partial charge in [-0.05, 0) is 49.2 Å². The van der Waals surface area contributed by atoms with Crippen molar-refractivity contribution in [2.45, 2.75) is 18.6 Å². The number of likely N-dealkylation sites (tertiary alicyclic amines) is 1. The zero-order chi connectivity index (χ0) is 19.1. The molecule has 1 aromatic carbocycles. The van der Waals surface area contributed by atoms with Gasteiger partial charge in [0.25, 0.3) is 5.91 Å². The SMILES string of the molecule is O=C(NCCSCc1ccco1)[C@H]1CCCN(C(=O)c2ccc(Cl)cc2)C1. The standard InChI is InChI=1S/C20H23ClN2O3S/c21-17-7-5-15(6-8-17)20(25)23-10-1-3-16(13-23)19(24)22-9-12-27-14-18-4-2-11-26-18/h2,4-8,11,16H,1,3,9-10,12-14H2,(H,22,24)/t16-/m0/s1. The lowest BCUT2D eigenvalue weighted by atomic mass is 9.96. The van der Waals surface area contributed by atoms with E-state index in [0.29, 0.717) is 30.2 Å². The minimum atomic E-state index is -0.148. The third-order valence-corrected chi connectivity index (χ3v) is 5.77. The molecule has 2 amide bonds. The molecular weight excluding hydrogens is 384 g/mol. The van der Waals surface area contributed by atoms with Crippen LogP contribution in [0.2, 0.25) is 5.02 Å². The predicted octanol–water partition coefficient (Wildman–Crippen LogP) is 3.83. The van der Waals surface area contributed by atoms with Crippen molar-refractivity contribution in [2.75, 3.05) is 25.4 Å². The monoisotopic (exact) mass is 406 g/mol. The summed E-state index contributed by atoms with van der Waals surface area (Å²) in [7, 11) is 0. The van der Waals surface area contributed by atoms with Crippen LogP contribution in [0.25, 0.3) is 0 Å². The quantitative estimate of drug-likeness (QED) is 0.709. The first kappa shape index (κ1) is 19.8. The number of piperidine rings is 1. The number of furan rings is 1. The van der Waals surface area contributed by atoms with Crippen molar-refractivity contribution in [1.82, 2.24) is 10.2 Å². The number of amides is 2. The molecule has 2 aromatic rings. The highest BCUT2D eigenvalue weighted by atomic mass is 35.5. The van der Waals surface area contributed by atoms with E-state index in [1.165, 1.54) is 0 Å². The third kappa shape index (κ3) is 5.78. The van der Waals surface area contributed by atoms with Gasteiger partial charge in [0, 0.05) is 36.0 Å². The molecule has 1 N–H and O–H groups in total. The van der Waals surface area contributed by atoms with Crippen LogP contribution in [-0.4, -0.2) is 42.1 Å². The number of carbonyl (C=O) groups excluding carboxylic acids is 2. The lowest BCUT2D eigenvalue weighted by Crippen LogP contribution is -2.45. The van der Waals surface area contributed by atoms with E-state index >= 15 is 0 Å². The summed E-state index contributed by atoms with van der Waals surface area (Å²) in [5.74, 6) is 2.41. The summed E-state index contributed by atoms with van der Waals surface area (Å²) in [6.07, 6.45) is 3.32. The molecule has 7 heteroatoms. The zero-order valence-corrected chi connectivity index (χ0v) is 16.6. The fourth-order valence-corrected chi connectivity index (χ4v) is 3.99. The van der Waals surface area contributed by atoms with E-state index in [2.05, 4.69) is 5.32 Å². The molecule has 0 unspecified atom stereocenters. The van der Waals surface area contributed by atoms with Crippen LogP contribution in [-0.2, 0) is 10.5 Å². The van der Waals surface area contributed by atoms with Gasteiger partial charge in [-0.1, -0.05) is 11.6 Å². The van der Waals surface area contributed by atoms with Crippen LogP contribution in [0.5, 0.6) is 0 Å². The van der Waals surface area contributed by atoms with Crippen LogP contribution in [0.3, 0.4) is 0 Å². The molecule has 0 aliphatic carbocycles. The summed E-state index contributed by atoms with van der Waals surface area (Å²) in [6, 6.07) is 10.7. The van der Waals surface area contributed by atoms with Crippen molar-refractivity contribution in [1.29, 1.82) is 0 Å². The van der Waals surface area contributed by atoms with Crippen molar-refractivity contribution in [3.63, 3.8) is 0 Å². The van der Waals surface area contributed by atoms with Crippen molar-refractivity contribution in [2.24, 2.45) is 5.92 Å². The maximum Gasteiger partial charge on any atom is 0.253 e. The minimum Gasteiger partial charge on any atom is -0.468 e. The Morgan fingerprint density at radius 1 is 1.26 bits per heavy atom. The maximum absolute atomic E-state index is 12.6. The number of hydrogen-bond acceptors (Lipinski definition) is 4. The van der Waals surface area contributed by atoms with E-state index < -0.39 is 0 Å². The van der Waals surface area contributed by atoms with Crippen molar-refractivity contribution in [3.8, 4) is 0 Å². The van der Waals surface area contributed by atoms with E-state index in [4.69, 9.17) is 16.0 Å². The summed E-state index contributed by atoms with van der Waals surface area (Å²) in [4.78, 5) is 26.8. The second-order valence-electron chi connectivity index (χ2n) is 6.52. The molecule has 1 aliphatic heterocycles. The number of carbonyl (C=O) groups is 2. The Bertz CT molecular complexity index is 749. The summed E-state index contributed by atoms with van der Waals surface area (Å²) in [5.41, 5.74) is 0.606. The molecule has 1 saturated heterocycles. The van der Waals surface area contributed by atoms with E-state index in [-0.39, 0.29) is 17.7 Å². The number of rotatable bonds is 7. The number of nitrogens with one attached hydrogen (secondary N) is 1. The summed E-state index contributed by atoms with van der Waals surface area (Å²) >= 11 is 7.60. The van der Waals surface area contributed by atoms with E-state index in [1.807, 2.05) is 12.1 Å². The van der Waals surface area contributed by atoms with Crippen LogP contribution < -0.4 is 5.32 Å². The minimum absolute atomic E-state index is 0.0298. The van der Waals surface area contributed by atoms with Gasteiger partial charge in [-0.25, -0.2) is 0 Å². The molecule has 0 spiro atoms. The first-order valence-electron chi connectivity index (χ1n) is 9.06. The van der Waals surface area contributed by atoms with Gasteiger partial charge in [-0.3, -0.25) is 9.59 Å². The summed E-state index contributed by atoms with van der Waals surface area (Å²) in [6.45, 7) is 1.77. The topological polar surface area (TPSA) is 62.6 Å². The van der Waals surface area contributed by atoms with Crippen LogP contribution >= 0.6 is 23.4 Å². The number of nitrogens with zero attached hydrogens (tertiary/aromatic N) is 1. The van der Waals surface area contributed by atoms with Gasteiger partial charge >= 0.3 is 0 Å². The second kappa shape index (κ2) is 9.85. The first-order valence-corrected chi connectivity index (χ1v) is 10.6. The maximum atomic E-state index is 12.6. The normalized spacial score (nSPS) is 16.9. The molecule has 1 fully saturated rings.